The lowest BCUT2D eigenvalue weighted by molar-refractivity contribution is 0.331. The fraction of sp³-hybridized carbons (Fsp3) is 0.250. The Morgan fingerprint density at radius 3 is 2.74 bits per heavy atom. The molecule has 1 aliphatic heterocycles. The molecule has 0 unspecified atom stereocenters. The Kier molecular flexibility index (Phi) is 5.25. The minimum Gasteiger partial charge on any atom is -0.496 e. The third-order valence-electron chi connectivity index (χ3n) is 6.67. The summed E-state index contributed by atoms with van der Waals surface area (Å²) in [6.45, 7) is 6.14. The van der Waals surface area contributed by atoms with Gasteiger partial charge in [0.15, 0.2) is 0 Å². The molecule has 0 fully saturated rings. The Balaban J connectivity index is 1.39. The third-order valence-corrected chi connectivity index (χ3v) is 6.67. The second-order valence-corrected chi connectivity index (χ2v) is 8.88. The SMILES string of the molecule is CCc1cc2c(N3CCOc4ccc(-c5ccc6nc(C)[nH]c6c5)cc4C3)ncnc2cc1OC. The number of aryl methyl sites for hydroxylation is 2. The van der Waals surface area contributed by atoms with E-state index in [0.29, 0.717) is 13.2 Å². The number of aromatic nitrogens is 4. The molecule has 0 radical (unpaired) electrons. The molecule has 6 rings (SSSR count). The molecule has 5 aromatic rings. The largest absolute Gasteiger partial charge is 0.496 e. The van der Waals surface area contributed by atoms with Crippen LogP contribution in [0.5, 0.6) is 11.5 Å². The molecule has 1 N–H and O–H groups in total. The van der Waals surface area contributed by atoms with Crippen LogP contribution in [0.1, 0.15) is 23.9 Å². The summed E-state index contributed by atoms with van der Waals surface area (Å²) < 4.78 is 11.7. The number of H-pyrrole nitrogens is 1. The highest BCUT2D eigenvalue weighted by atomic mass is 16.5. The van der Waals surface area contributed by atoms with Crippen molar-refractivity contribution >= 4 is 27.8 Å². The molecule has 3 aromatic carbocycles. The number of methoxy groups -OCH3 is 1. The standard InChI is InChI=1S/C28H27N5O2/c1-4-18-12-22-24(14-27(18)34-3)29-16-30-28(22)33-9-10-35-26-8-6-19(11-21(26)15-33)20-5-7-23-25(13-20)32-17(2)31-23/h5-8,11-14,16H,4,9-10,15H2,1-3H3,(H,31,32). The molecule has 0 saturated carbocycles. The van der Waals surface area contributed by atoms with Gasteiger partial charge in [0.2, 0.25) is 0 Å². The number of fused-ring (bicyclic) bond motifs is 3. The van der Waals surface area contributed by atoms with Crippen molar-refractivity contribution in [2.45, 2.75) is 26.8 Å². The molecule has 0 atom stereocenters. The lowest BCUT2D eigenvalue weighted by Crippen LogP contribution is -2.26. The van der Waals surface area contributed by atoms with E-state index in [2.05, 4.69) is 69.2 Å². The summed E-state index contributed by atoms with van der Waals surface area (Å²) in [7, 11) is 1.70. The molecule has 0 aliphatic carbocycles. The number of hydrogen-bond donors (Lipinski definition) is 1. The third kappa shape index (κ3) is 3.83. The molecule has 7 nitrogen and oxygen atoms in total. The van der Waals surface area contributed by atoms with Crippen LogP contribution in [0.25, 0.3) is 33.1 Å². The summed E-state index contributed by atoms with van der Waals surface area (Å²) in [5.74, 6) is 3.62. The van der Waals surface area contributed by atoms with Crippen molar-refractivity contribution in [2.75, 3.05) is 25.2 Å². The van der Waals surface area contributed by atoms with Gasteiger partial charge in [-0.1, -0.05) is 19.1 Å². The number of anilines is 1. The van der Waals surface area contributed by atoms with Gasteiger partial charge in [-0.3, -0.25) is 0 Å². The zero-order valence-corrected chi connectivity index (χ0v) is 20.1. The second-order valence-electron chi connectivity index (χ2n) is 8.88. The Bertz CT molecular complexity index is 1560. The van der Waals surface area contributed by atoms with E-state index in [-0.39, 0.29) is 0 Å². The van der Waals surface area contributed by atoms with Gasteiger partial charge in [0, 0.05) is 23.6 Å². The number of imidazole rings is 1. The van der Waals surface area contributed by atoms with Gasteiger partial charge in [0.05, 0.1) is 30.2 Å². The van der Waals surface area contributed by atoms with E-state index in [9.17, 15) is 0 Å². The summed E-state index contributed by atoms with van der Waals surface area (Å²) in [5.41, 5.74) is 7.48. The van der Waals surface area contributed by atoms with Crippen LogP contribution >= 0.6 is 0 Å². The molecule has 0 bridgehead atoms. The number of nitrogens with one attached hydrogen (secondary N) is 1. The molecule has 3 heterocycles. The average molecular weight is 466 g/mol. The maximum atomic E-state index is 6.14. The fourth-order valence-electron chi connectivity index (χ4n) is 4.90. The summed E-state index contributed by atoms with van der Waals surface area (Å²) in [4.78, 5) is 19.4. The molecular weight excluding hydrogens is 438 g/mol. The van der Waals surface area contributed by atoms with Gasteiger partial charge in [-0.25, -0.2) is 15.0 Å². The maximum Gasteiger partial charge on any atom is 0.140 e. The van der Waals surface area contributed by atoms with Crippen LogP contribution < -0.4 is 14.4 Å². The topological polar surface area (TPSA) is 76.2 Å². The van der Waals surface area contributed by atoms with Crippen molar-refractivity contribution in [1.82, 2.24) is 19.9 Å². The van der Waals surface area contributed by atoms with Crippen molar-refractivity contribution < 1.29 is 9.47 Å². The smallest absolute Gasteiger partial charge is 0.140 e. The van der Waals surface area contributed by atoms with E-state index < -0.39 is 0 Å². The molecule has 0 spiro atoms. The minimum atomic E-state index is 0.591. The van der Waals surface area contributed by atoms with E-state index in [1.807, 2.05) is 13.0 Å². The number of benzene rings is 3. The highest BCUT2D eigenvalue weighted by Gasteiger charge is 2.20. The Morgan fingerprint density at radius 1 is 1.03 bits per heavy atom. The van der Waals surface area contributed by atoms with Gasteiger partial charge < -0.3 is 19.4 Å². The van der Waals surface area contributed by atoms with Crippen LogP contribution in [0.2, 0.25) is 0 Å². The first kappa shape index (κ1) is 21.4. The van der Waals surface area contributed by atoms with Crippen LogP contribution in [-0.4, -0.2) is 40.2 Å². The summed E-state index contributed by atoms with van der Waals surface area (Å²) in [6.07, 6.45) is 2.51. The van der Waals surface area contributed by atoms with Crippen molar-refractivity contribution in [1.29, 1.82) is 0 Å². The Morgan fingerprint density at radius 2 is 1.89 bits per heavy atom. The van der Waals surface area contributed by atoms with Crippen LogP contribution in [0.3, 0.4) is 0 Å². The Hall–Kier alpha value is -4.13. The molecular formula is C28H27N5O2. The number of nitrogens with zero attached hydrogens (tertiary/aromatic N) is 4. The predicted octanol–water partition coefficient (Wildman–Crippen LogP) is 5.45. The first-order valence-electron chi connectivity index (χ1n) is 11.9. The van der Waals surface area contributed by atoms with E-state index in [1.54, 1.807) is 13.4 Å². The van der Waals surface area contributed by atoms with Crippen molar-refractivity contribution in [3.63, 3.8) is 0 Å². The van der Waals surface area contributed by atoms with Gasteiger partial charge in [-0.05, 0) is 60.4 Å². The highest BCUT2D eigenvalue weighted by molar-refractivity contribution is 5.91. The number of hydrogen-bond acceptors (Lipinski definition) is 6. The van der Waals surface area contributed by atoms with E-state index >= 15 is 0 Å². The molecule has 1 aliphatic rings. The van der Waals surface area contributed by atoms with Gasteiger partial charge in [-0.15, -0.1) is 0 Å². The highest BCUT2D eigenvalue weighted by Crippen LogP contribution is 2.34. The van der Waals surface area contributed by atoms with Crippen LogP contribution in [0.4, 0.5) is 5.82 Å². The molecule has 2 aromatic heterocycles. The molecule has 35 heavy (non-hydrogen) atoms. The summed E-state index contributed by atoms with van der Waals surface area (Å²) in [5, 5.41) is 1.03. The van der Waals surface area contributed by atoms with Crippen molar-refractivity contribution in [3.05, 3.63) is 71.8 Å². The first-order valence-corrected chi connectivity index (χ1v) is 11.9. The number of ether oxygens (including phenoxy) is 2. The predicted molar refractivity (Wildman–Crippen MR) is 138 cm³/mol. The number of rotatable bonds is 4. The quantitative estimate of drug-likeness (QED) is 0.380. The van der Waals surface area contributed by atoms with E-state index in [0.717, 1.165) is 80.3 Å². The zero-order chi connectivity index (χ0) is 23.9. The van der Waals surface area contributed by atoms with Crippen LogP contribution in [-0.2, 0) is 13.0 Å². The number of aromatic amines is 1. The fourth-order valence-corrected chi connectivity index (χ4v) is 4.90. The summed E-state index contributed by atoms with van der Waals surface area (Å²) >= 11 is 0. The zero-order valence-electron chi connectivity index (χ0n) is 20.1. The van der Waals surface area contributed by atoms with Crippen molar-refractivity contribution in [2.24, 2.45) is 0 Å². The molecule has 0 saturated heterocycles. The Labute approximate surface area is 203 Å². The van der Waals surface area contributed by atoms with Gasteiger partial charge in [0.25, 0.3) is 0 Å². The van der Waals surface area contributed by atoms with Crippen molar-refractivity contribution in [3.8, 4) is 22.6 Å². The normalized spacial score (nSPS) is 13.5. The minimum absolute atomic E-state index is 0.591. The molecule has 176 valence electrons. The van der Waals surface area contributed by atoms with Gasteiger partial charge in [0.1, 0.15) is 36.1 Å². The molecule has 0 amide bonds. The molecule has 7 heteroatoms. The van der Waals surface area contributed by atoms with E-state index in [1.165, 1.54) is 0 Å². The first-order chi connectivity index (χ1) is 17.1. The monoisotopic (exact) mass is 465 g/mol. The lowest BCUT2D eigenvalue weighted by atomic mass is 10.0. The maximum absolute atomic E-state index is 6.14. The van der Waals surface area contributed by atoms with E-state index in [4.69, 9.17) is 14.5 Å². The van der Waals surface area contributed by atoms with Crippen LogP contribution in [0, 0.1) is 6.92 Å². The van der Waals surface area contributed by atoms with Crippen LogP contribution in [0.15, 0.2) is 54.9 Å². The second kappa shape index (κ2) is 8.58. The van der Waals surface area contributed by atoms with Gasteiger partial charge in [-0.2, -0.15) is 0 Å². The van der Waals surface area contributed by atoms with Gasteiger partial charge >= 0.3 is 0 Å². The average Bonchev–Trinajstić information content (AvgIpc) is 3.13. The lowest BCUT2D eigenvalue weighted by Gasteiger charge is -2.23. The summed E-state index contributed by atoms with van der Waals surface area (Å²) in [6, 6.07) is 16.9.